The van der Waals surface area contributed by atoms with Crippen LogP contribution < -0.4 is 0 Å². The maximum Gasteiger partial charge on any atom is 0.315 e. The van der Waals surface area contributed by atoms with Gasteiger partial charge in [0.25, 0.3) is 0 Å². The zero-order valence-electron chi connectivity index (χ0n) is 8.99. The van der Waals surface area contributed by atoms with Crippen LogP contribution in [0.1, 0.15) is 20.3 Å². The highest BCUT2D eigenvalue weighted by Crippen LogP contribution is 2.35. The summed E-state index contributed by atoms with van der Waals surface area (Å²) in [7, 11) is 0. The van der Waals surface area contributed by atoms with Crippen molar-refractivity contribution in [3.8, 4) is 0 Å². The van der Waals surface area contributed by atoms with E-state index in [4.69, 9.17) is 4.74 Å². The van der Waals surface area contributed by atoms with Crippen LogP contribution in [0.5, 0.6) is 0 Å². The molecule has 1 aliphatic carbocycles. The Labute approximate surface area is 95.2 Å². The van der Waals surface area contributed by atoms with Gasteiger partial charge in [-0.15, -0.1) is 0 Å². The van der Waals surface area contributed by atoms with Crippen molar-refractivity contribution >= 4 is 18.6 Å². The second kappa shape index (κ2) is 4.75. The Bertz CT molecular complexity index is 316. The first-order chi connectivity index (χ1) is 6.95. The Morgan fingerprint density at radius 2 is 2.27 bits per heavy atom. The molecule has 0 amide bonds. The summed E-state index contributed by atoms with van der Waals surface area (Å²) in [6, 6.07) is 0. The van der Waals surface area contributed by atoms with Crippen molar-refractivity contribution in [1.82, 2.24) is 0 Å². The van der Waals surface area contributed by atoms with E-state index in [9.17, 15) is 9.90 Å². The molecular weight excluding hydrogens is 212 g/mol. The predicted molar refractivity (Wildman–Crippen MR) is 62.0 cm³/mol. The molecule has 3 nitrogen and oxygen atoms in total. The summed E-state index contributed by atoms with van der Waals surface area (Å²) >= 11 is 3.82. The number of aliphatic hydroxyl groups is 1. The molecule has 84 valence electrons. The highest BCUT2D eigenvalue weighted by Gasteiger charge is 2.27. The van der Waals surface area contributed by atoms with Gasteiger partial charge in [0.2, 0.25) is 0 Å². The third kappa shape index (κ3) is 3.30. The second-order valence-electron chi connectivity index (χ2n) is 4.26. The van der Waals surface area contributed by atoms with E-state index in [0.29, 0.717) is 12.2 Å². The average molecular weight is 228 g/mol. The number of ether oxygens (including phenoxy) is 1. The molecule has 0 fully saturated rings. The van der Waals surface area contributed by atoms with Gasteiger partial charge in [-0.2, -0.15) is 12.6 Å². The Hall–Kier alpha value is -0.900. The van der Waals surface area contributed by atoms with Crippen molar-refractivity contribution in [2.75, 3.05) is 12.4 Å². The monoisotopic (exact) mass is 228 g/mol. The first-order valence-corrected chi connectivity index (χ1v) is 5.44. The summed E-state index contributed by atoms with van der Waals surface area (Å²) in [4.78, 5) is 10.9. The summed E-state index contributed by atoms with van der Waals surface area (Å²) in [5.41, 5.74) is 0.741. The molecule has 15 heavy (non-hydrogen) atoms. The molecule has 0 aliphatic heterocycles. The molecule has 1 N–H and O–H groups in total. The van der Waals surface area contributed by atoms with Crippen molar-refractivity contribution in [2.45, 2.75) is 20.3 Å². The van der Waals surface area contributed by atoms with Crippen LogP contribution >= 0.6 is 12.6 Å². The fourth-order valence-corrected chi connectivity index (χ4v) is 1.55. The van der Waals surface area contributed by atoms with Crippen LogP contribution in [0, 0.1) is 5.41 Å². The number of rotatable bonds is 3. The number of allylic oxidation sites excluding steroid dienone is 3. The normalized spacial score (nSPS) is 19.1. The Morgan fingerprint density at radius 1 is 1.60 bits per heavy atom. The topological polar surface area (TPSA) is 46.5 Å². The van der Waals surface area contributed by atoms with Crippen LogP contribution in [0.2, 0.25) is 0 Å². The molecule has 0 aromatic heterocycles. The van der Waals surface area contributed by atoms with Gasteiger partial charge in [0.1, 0.15) is 6.61 Å². The van der Waals surface area contributed by atoms with E-state index in [-0.39, 0.29) is 23.7 Å². The van der Waals surface area contributed by atoms with Crippen molar-refractivity contribution in [2.24, 2.45) is 5.41 Å². The summed E-state index contributed by atoms with van der Waals surface area (Å²) in [5.74, 6) is 0.139. The SMILES string of the molecule is CC1(C)CC(COC(=O)CS)=CC=C1O. The van der Waals surface area contributed by atoms with Gasteiger partial charge in [0, 0.05) is 5.41 Å². The molecule has 0 bridgehead atoms. The summed E-state index contributed by atoms with van der Waals surface area (Å²) < 4.78 is 4.96. The van der Waals surface area contributed by atoms with Gasteiger partial charge < -0.3 is 9.84 Å². The van der Waals surface area contributed by atoms with Crippen LogP contribution in [-0.2, 0) is 9.53 Å². The fourth-order valence-electron chi connectivity index (χ4n) is 1.46. The molecule has 0 unspecified atom stereocenters. The van der Waals surface area contributed by atoms with Crippen LogP contribution in [0.4, 0.5) is 0 Å². The van der Waals surface area contributed by atoms with E-state index >= 15 is 0 Å². The second-order valence-corrected chi connectivity index (χ2v) is 4.57. The molecule has 4 heteroatoms. The summed E-state index contributed by atoms with van der Waals surface area (Å²) in [6.07, 6.45) is 4.16. The minimum Gasteiger partial charge on any atom is -0.512 e. The molecule has 0 atom stereocenters. The first kappa shape index (κ1) is 12.2. The van der Waals surface area contributed by atoms with E-state index in [1.807, 2.05) is 13.8 Å². The molecule has 0 aromatic carbocycles. The molecule has 0 spiro atoms. The van der Waals surface area contributed by atoms with Crippen LogP contribution in [0.3, 0.4) is 0 Å². The first-order valence-electron chi connectivity index (χ1n) is 4.81. The predicted octanol–water partition coefficient (Wildman–Crippen LogP) is 2.26. The Morgan fingerprint density at radius 3 is 2.80 bits per heavy atom. The largest absolute Gasteiger partial charge is 0.512 e. The Balaban J connectivity index is 2.55. The number of hydrogen-bond acceptors (Lipinski definition) is 4. The average Bonchev–Trinajstić information content (AvgIpc) is 2.19. The quantitative estimate of drug-likeness (QED) is 0.575. The number of hydrogen-bond donors (Lipinski definition) is 2. The molecule has 0 heterocycles. The van der Waals surface area contributed by atoms with Crippen molar-refractivity contribution in [3.05, 3.63) is 23.5 Å². The van der Waals surface area contributed by atoms with Gasteiger partial charge in [-0.05, 0) is 18.1 Å². The third-order valence-corrected chi connectivity index (χ3v) is 2.65. The zero-order valence-corrected chi connectivity index (χ0v) is 9.88. The minimum absolute atomic E-state index is 0.0950. The van der Waals surface area contributed by atoms with Gasteiger partial charge >= 0.3 is 5.97 Å². The van der Waals surface area contributed by atoms with Crippen molar-refractivity contribution in [3.63, 3.8) is 0 Å². The van der Waals surface area contributed by atoms with E-state index in [0.717, 1.165) is 5.57 Å². The maximum atomic E-state index is 10.9. The molecule has 1 aliphatic rings. The third-order valence-electron chi connectivity index (χ3n) is 2.39. The lowest BCUT2D eigenvalue weighted by molar-refractivity contribution is -0.139. The fraction of sp³-hybridized carbons (Fsp3) is 0.545. The van der Waals surface area contributed by atoms with Gasteiger partial charge in [0.15, 0.2) is 0 Å². The zero-order chi connectivity index (χ0) is 11.5. The number of aliphatic hydroxyl groups excluding tert-OH is 1. The number of carbonyl (C=O) groups excluding carboxylic acids is 1. The summed E-state index contributed by atoms with van der Waals surface area (Å²) in [6.45, 7) is 4.19. The lowest BCUT2D eigenvalue weighted by Crippen LogP contribution is -2.20. The minimum atomic E-state index is -0.323. The molecule has 1 rings (SSSR count). The number of carbonyl (C=O) groups is 1. The standard InChI is InChI=1S/C11H16O3S/c1-11(2)5-8(3-4-9(11)12)6-14-10(13)7-15/h3-4,12,15H,5-7H2,1-2H3. The van der Waals surface area contributed by atoms with E-state index < -0.39 is 0 Å². The van der Waals surface area contributed by atoms with Crippen molar-refractivity contribution < 1.29 is 14.6 Å². The maximum absolute atomic E-state index is 10.9. The Kier molecular flexibility index (Phi) is 3.85. The van der Waals surface area contributed by atoms with Crippen LogP contribution in [-0.4, -0.2) is 23.4 Å². The van der Waals surface area contributed by atoms with E-state index in [1.165, 1.54) is 0 Å². The van der Waals surface area contributed by atoms with E-state index in [1.54, 1.807) is 12.2 Å². The summed E-state index contributed by atoms with van der Waals surface area (Å²) in [5, 5.41) is 9.57. The van der Waals surface area contributed by atoms with Gasteiger partial charge in [-0.1, -0.05) is 19.9 Å². The lowest BCUT2D eigenvalue weighted by Gasteiger charge is -2.28. The molecule has 0 radical (unpaired) electrons. The highest BCUT2D eigenvalue weighted by molar-refractivity contribution is 7.81. The highest BCUT2D eigenvalue weighted by atomic mass is 32.1. The number of esters is 1. The van der Waals surface area contributed by atoms with Crippen LogP contribution in [0.25, 0.3) is 0 Å². The molecule has 0 saturated heterocycles. The number of thiol groups is 1. The van der Waals surface area contributed by atoms with Crippen LogP contribution in [0.15, 0.2) is 23.5 Å². The van der Waals surface area contributed by atoms with E-state index in [2.05, 4.69) is 12.6 Å². The molecule has 0 saturated carbocycles. The molecular formula is C11H16O3S. The van der Waals surface area contributed by atoms with Gasteiger partial charge in [-0.3, -0.25) is 4.79 Å². The van der Waals surface area contributed by atoms with Gasteiger partial charge in [0.05, 0.1) is 11.5 Å². The molecule has 0 aromatic rings. The lowest BCUT2D eigenvalue weighted by atomic mass is 9.80. The smallest absolute Gasteiger partial charge is 0.315 e. The van der Waals surface area contributed by atoms with Gasteiger partial charge in [-0.25, -0.2) is 0 Å². The van der Waals surface area contributed by atoms with Crippen molar-refractivity contribution in [1.29, 1.82) is 0 Å².